The van der Waals surface area contributed by atoms with E-state index in [2.05, 4.69) is 4.98 Å². The van der Waals surface area contributed by atoms with Crippen LogP contribution in [0.3, 0.4) is 0 Å². The zero-order valence-corrected chi connectivity index (χ0v) is 18.5. The average molecular weight is 445 g/mol. The maximum atomic E-state index is 13.3. The number of aromatic amines is 1. The van der Waals surface area contributed by atoms with Crippen molar-refractivity contribution in [1.29, 1.82) is 0 Å². The van der Waals surface area contributed by atoms with E-state index in [1.165, 1.54) is 27.4 Å². The third kappa shape index (κ3) is 4.13. The number of hydrogen-bond donors (Lipinski definition) is 1. The largest absolute Gasteiger partial charge is 0.493 e. The highest BCUT2D eigenvalue weighted by Gasteiger charge is 2.24. The van der Waals surface area contributed by atoms with E-state index in [1.54, 1.807) is 6.07 Å². The standard InChI is InChI=1S/C26H23NO6/c1-30-21-14-13-18(24(31-2)25(21)32-3)26(29)33-15-20(28)22-17-11-7-8-12-19(17)27-23(22)16-9-5-4-6-10-16/h4-14,27H,15H2,1-3H3. The summed E-state index contributed by atoms with van der Waals surface area (Å²) in [5.41, 5.74) is 2.98. The fourth-order valence-corrected chi connectivity index (χ4v) is 3.80. The number of carbonyl (C=O) groups excluding carboxylic acids is 2. The predicted molar refractivity (Wildman–Crippen MR) is 124 cm³/mol. The summed E-state index contributed by atoms with van der Waals surface area (Å²) >= 11 is 0. The second kappa shape index (κ2) is 9.48. The minimum absolute atomic E-state index is 0.130. The van der Waals surface area contributed by atoms with Crippen LogP contribution >= 0.6 is 0 Å². The van der Waals surface area contributed by atoms with Gasteiger partial charge in [-0.3, -0.25) is 4.79 Å². The minimum atomic E-state index is -0.706. The zero-order valence-electron chi connectivity index (χ0n) is 18.5. The molecule has 168 valence electrons. The molecule has 0 amide bonds. The van der Waals surface area contributed by atoms with Crippen LogP contribution in [0.4, 0.5) is 0 Å². The Morgan fingerprint density at radius 1 is 0.788 bits per heavy atom. The number of nitrogens with one attached hydrogen (secondary N) is 1. The van der Waals surface area contributed by atoms with Gasteiger partial charge in [0.15, 0.2) is 18.1 Å². The third-order valence-corrected chi connectivity index (χ3v) is 5.31. The van der Waals surface area contributed by atoms with Crippen molar-refractivity contribution >= 4 is 22.7 Å². The van der Waals surface area contributed by atoms with Gasteiger partial charge in [-0.25, -0.2) is 4.79 Å². The number of para-hydroxylation sites is 1. The Bertz CT molecular complexity index is 1310. The number of hydrogen-bond acceptors (Lipinski definition) is 6. The van der Waals surface area contributed by atoms with Gasteiger partial charge in [0, 0.05) is 10.9 Å². The Labute approximate surface area is 190 Å². The molecule has 1 N–H and O–H groups in total. The zero-order chi connectivity index (χ0) is 23.4. The Kier molecular flexibility index (Phi) is 6.31. The summed E-state index contributed by atoms with van der Waals surface area (Å²) in [5.74, 6) is -0.176. The number of benzene rings is 3. The van der Waals surface area contributed by atoms with Crippen molar-refractivity contribution in [3.63, 3.8) is 0 Å². The molecular formula is C26H23NO6. The van der Waals surface area contributed by atoms with Crippen LogP contribution in [0.5, 0.6) is 17.2 Å². The van der Waals surface area contributed by atoms with Crippen LogP contribution in [-0.4, -0.2) is 44.7 Å². The molecule has 1 aromatic heterocycles. The number of H-pyrrole nitrogens is 1. The van der Waals surface area contributed by atoms with E-state index in [1.807, 2.05) is 54.6 Å². The summed E-state index contributed by atoms with van der Waals surface area (Å²) in [5, 5.41) is 0.765. The molecule has 33 heavy (non-hydrogen) atoms. The highest BCUT2D eigenvalue weighted by Crippen LogP contribution is 2.40. The maximum Gasteiger partial charge on any atom is 0.342 e. The molecule has 0 aliphatic heterocycles. The van der Waals surface area contributed by atoms with Crippen molar-refractivity contribution in [3.8, 4) is 28.5 Å². The van der Waals surface area contributed by atoms with Gasteiger partial charge >= 0.3 is 5.97 Å². The Hall–Kier alpha value is -4.26. The quantitative estimate of drug-likeness (QED) is 0.307. The van der Waals surface area contributed by atoms with Crippen molar-refractivity contribution in [3.05, 3.63) is 77.9 Å². The van der Waals surface area contributed by atoms with Crippen LogP contribution in [0.1, 0.15) is 20.7 Å². The number of esters is 1. The third-order valence-electron chi connectivity index (χ3n) is 5.31. The number of ketones is 1. The molecule has 0 aliphatic carbocycles. The number of rotatable bonds is 8. The van der Waals surface area contributed by atoms with Crippen LogP contribution in [0, 0.1) is 0 Å². The second-order valence-corrected chi connectivity index (χ2v) is 7.17. The number of methoxy groups -OCH3 is 3. The van der Waals surface area contributed by atoms with Gasteiger partial charge < -0.3 is 23.9 Å². The van der Waals surface area contributed by atoms with E-state index < -0.39 is 12.6 Å². The van der Waals surface area contributed by atoms with Crippen molar-refractivity contribution in [2.75, 3.05) is 27.9 Å². The fourth-order valence-electron chi connectivity index (χ4n) is 3.80. The van der Waals surface area contributed by atoms with E-state index in [4.69, 9.17) is 18.9 Å². The molecule has 4 aromatic rings. The monoisotopic (exact) mass is 445 g/mol. The van der Waals surface area contributed by atoms with E-state index in [0.717, 1.165) is 16.5 Å². The predicted octanol–water partition coefficient (Wildman–Crippen LogP) is 4.90. The van der Waals surface area contributed by atoms with Crippen LogP contribution in [0.15, 0.2) is 66.7 Å². The lowest BCUT2D eigenvalue weighted by Gasteiger charge is -2.15. The molecule has 0 aliphatic rings. The summed E-state index contributed by atoms with van der Waals surface area (Å²) < 4.78 is 21.3. The lowest BCUT2D eigenvalue weighted by atomic mass is 10.0. The molecule has 0 fully saturated rings. The first kappa shape index (κ1) is 22.0. The molecule has 3 aromatic carbocycles. The first-order valence-corrected chi connectivity index (χ1v) is 10.2. The Morgan fingerprint density at radius 2 is 1.48 bits per heavy atom. The highest BCUT2D eigenvalue weighted by atomic mass is 16.5. The van der Waals surface area contributed by atoms with Gasteiger partial charge in [0.2, 0.25) is 11.5 Å². The minimum Gasteiger partial charge on any atom is -0.493 e. The average Bonchev–Trinajstić information content (AvgIpc) is 3.26. The van der Waals surface area contributed by atoms with Crippen molar-refractivity contribution in [2.45, 2.75) is 0 Å². The van der Waals surface area contributed by atoms with Crippen molar-refractivity contribution in [1.82, 2.24) is 4.98 Å². The molecule has 0 atom stereocenters. The molecule has 7 nitrogen and oxygen atoms in total. The Morgan fingerprint density at radius 3 is 2.18 bits per heavy atom. The summed E-state index contributed by atoms with van der Waals surface area (Å²) in [6.07, 6.45) is 0. The number of fused-ring (bicyclic) bond motifs is 1. The summed E-state index contributed by atoms with van der Waals surface area (Å²) in [6.45, 7) is -0.433. The van der Waals surface area contributed by atoms with E-state index in [-0.39, 0.29) is 22.8 Å². The second-order valence-electron chi connectivity index (χ2n) is 7.17. The molecule has 1 heterocycles. The van der Waals surface area contributed by atoms with E-state index in [9.17, 15) is 9.59 Å². The molecule has 0 saturated heterocycles. The van der Waals surface area contributed by atoms with Gasteiger partial charge in [0.05, 0.1) is 32.6 Å². The lowest BCUT2D eigenvalue weighted by molar-refractivity contribution is 0.0471. The first-order valence-electron chi connectivity index (χ1n) is 10.2. The van der Waals surface area contributed by atoms with Crippen LogP contribution in [0.2, 0.25) is 0 Å². The topological polar surface area (TPSA) is 86.9 Å². The Balaban J connectivity index is 1.64. The van der Waals surface area contributed by atoms with Crippen molar-refractivity contribution < 1.29 is 28.5 Å². The molecule has 0 spiro atoms. The number of aromatic nitrogens is 1. The van der Waals surface area contributed by atoms with Gasteiger partial charge in [-0.1, -0.05) is 48.5 Å². The molecule has 0 unspecified atom stereocenters. The van der Waals surface area contributed by atoms with Crippen LogP contribution in [-0.2, 0) is 4.74 Å². The SMILES string of the molecule is COc1ccc(C(=O)OCC(=O)c2c(-c3ccccc3)[nH]c3ccccc23)c(OC)c1OC. The van der Waals surface area contributed by atoms with E-state index >= 15 is 0 Å². The summed E-state index contributed by atoms with van der Waals surface area (Å²) in [4.78, 5) is 29.4. The molecular weight excluding hydrogens is 422 g/mol. The van der Waals surface area contributed by atoms with Crippen LogP contribution in [0.25, 0.3) is 22.2 Å². The maximum absolute atomic E-state index is 13.3. The van der Waals surface area contributed by atoms with Gasteiger partial charge in [-0.15, -0.1) is 0 Å². The highest BCUT2D eigenvalue weighted by molar-refractivity contribution is 6.14. The normalized spacial score (nSPS) is 10.6. The van der Waals surface area contributed by atoms with Gasteiger partial charge in [0.1, 0.15) is 5.56 Å². The van der Waals surface area contributed by atoms with Crippen LogP contribution < -0.4 is 14.2 Å². The number of Topliss-reactive ketones (excluding diaryl/α,β-unsaturated/α-hetero) is 1. The number of ether oxygens (including phenoxy) is 4. The first-order chi connectivity index (χ1) is 16.1. The summed E-state index contributed by atoms with van der Waals surface area (Å²) in [7, 11) is 4.35. The molecule has 0 bridgehead atoms. The fraction of sp³-hybridized carbons (Fsp3) is 0.154. The molecule has 7 heteroatoms. The van der Waals surface area contributed by atoms with Crippen molar-refractivity contribution in [2.24, 2.45) is 0 Å². The lowest BCUT2D eigenvalue weighted by Crippen LogP contribution is -2.15. The molecule has 0 saturated carbocycles. The van der Waals surface area contributed by atoms with Gasteiger partial charge in [-0.2, -0.15) is 0 Å². The smallest absolute Gasteiger partial charge is 0.342 e. The summed E-state index contributed by atoms with van der Waals surface area (Å²) in [6, 6.07) is 20.2. The number of carbonyl (C=O) groups is 2. The molecule has 0 radical (unpaired) electrons. The molecule has 4 rings (SSSR count). The van der Waals surface area contributed by atoms with E-state index in [0.29, 0.717) is 17.0 Å². The van der Waals surface area contributed by atoms with Gasteiger partial charge in [-0.05, 0) is 23.8 Å². The van der Waals surface area contributed by atoms with Gasteiger partial charge in [0.25, 0.3) is 0 Å².